The molecule has 1 aromatic rings. The summed E-state index contributed by atoms with van der Waals surface area (Å²) in [6, 6.07) is 5.01. The van der Waals surface area contributed by atoms with Gasteiger partial charge in [0.25, 0.3) is 0 Å². The maximum absolute atomic E-state index is 2.49. The number of likely N-dealkylation sites (tertiary alicyclic amines) is 1. The molecule has 1 aromatic heterocycles. The molecule has 13 heavy (non-hydrogen) atoms. The van der Waals surface area contributed by atoms with Gasteiger partial charge in [0.1, 0.15) is 0 Å². The summed E-state index contributed by atoms with van der Waals surface area (Å²) in [5, 5.41) is 0. The topological polar surface area (TPSA) is 8.17 Å². The lowest BCUT2D eigenvalue weighted by atomic mass is 10.1. The fourth-order valence-corrected chi connectivity index (χ4v) is 2.16. The molecule has 1 aliphatic rings. The minimum absolute atomic E-state index is 0.822. The van der Waals surface area contributed by atoms with Crippen molar-refractivity contribution in [1.82, 2.24) is 9.47 Å². The van der Waals surface area contributed by atoms with E-state index in [-0.39, 0.29) is 0 Å². The van der Waals surface area contributed by atoms with Crippen LogP contribution in [0, 0.1) is 0 Å². The van der Waals surface area contributed by atoms with E-state index >= 15 is 0 Å². The summed E-state index contributed by atoms with van der Waals surface area (Å²) in [5.74, 6) is 0. The van der Waals surface area contributed by atoms with Gasteiger partial charge in [-0.3, -0.25) is 0 Å². The van der Waals surface area contributed by atoms with Crippen molar-refractivity contribution in [2.24, 2.45) is 0 Å². The van der Waals surface area contributed by atoms with Gasteiger partial charge in [0.2, 0.25) is 0 Å². The van der Waals surface area contributed by atoms with E-state index in [1.807, 2.05) is 0 Å². The Balaban J connectivity index is 1.79. The maximum Gasteiger partial charge on any atom is 0.0234 e. The van der Waals surface area contributed by atoms with Crippen molar-refractivity contribution >= 4 is 0 Å². The predicted octanol–water partition coefficient (Wildman–Crippen LogP) is 1.97. The van der Waals surface area contributed by atoms with Crippen LogP contribution in [0.2, 0.25) is 0 Å². The number of hydrogen-bond donors (Lipinski definition) is 0. The van der Waals surface area contributed by atoms with Crippen molar-refractivity contribution < 1.29 is 0 Å². The Bertz CT molecular complexity index is 241. The molecular formula is C11H18N2. The summed E-state index contributed by atoms with van der Waals surface area (Å²) in [6.07, 6.45) is 8.36. The fraction of sp³-hybridized carbons (Fsp3) is 0.636. The maximum atomic E-state index is 2.49. The van der Waals surface area contributed by atoms with Gasteiger partial charge in [-0.2, -0.15) is 0 Å². The highest BCUT2D eigenvalue weighted by Gasteiger charge is 2.19. The monoisotopic (exact) mass is 178 g/mol. The van der Waals surface area contributed by atoms with E-state index in [0.29, 0.717) is 0 Å². The van der Waals surface area contributed by atoms with Crippen LogP contribution >= 0.6 is 0 Å². The summed E-state index contributed by atoms with van der Waals surface area (Å²) in [7, 11) is 2.24. The van der Waals surface area contributed by atoms with Crippen LogP contribution in [0.25, 0.3) is 0 Å². The van der Waals surface area contributed by atoms with E-state index < -0.39 is 0 Å². The number of rotatable bonds is 3. The normalized spacial score (nSPS) is 23.9. The fourth-order valence-electron chi connectivity index (χ4n) is 2.16. The lowest BCUT2D eigenvalue weighted by molar-refractivity contribution is 0.286. The Morgan fingerprint density at radius 3 is 2.69 bits per heavy atom. The van der Waals surface area contributed by atoms with E-state index in [0.717, 1.165) is 6.04 Å². The summed E-state index contributed by atoms with van der Waals surface area (Å²) in [4.78, 5) is 2.49. The molecule has 1 fully saturated rings. The van der Waals surface area contributed by atoms with Crippen molar-refractivity contribution in [3.63, 3.8) is 0 Å². The minimum Gasteiger partial charge on any atom is -0.354 e. The van der Waals surface area contributed by atoms with Gasteiger partial charge in [-0.1, -0.05) is 0 Å². The van der Waals surface area contributed by atoms with Crippen LogP contribution < -0.4 is 0 Å². The zero-order valence-electron chi connectivity index (χ0n) is 8.32. The van der Waals surface area contributed by atoms with Gasteiger partial charge in [-0.05, 0) is 45.0 Å². The van der Waals surface area contributed by atoms with Crippen molar-refractivity contribution in [3.05, 3.63) is 24.5 Å². The first-order valence-corrected chi connectivity index (χ1v) is 5.17. The molecule has 1 atom stereocenters. The Morgan fingerprint density at radius 1 is 1.31 bits per heavy atom. The minimum atomic E-state index is 0.822. The third kappa shape index (κ3) is 2.13. The standard InChI is InChI=1S/C11H18N2/c1-12-7-4-5-11(12)6-10-13-8-2-3-9-13/h2-3,8-9,11H,4-7,10H2,1H3. The van der Waals surface area contributed by atoms with Crippen LogP contribution in [0.3, 0.4) is 0 Å². The van der Waals surface area contributed by atoms with Crippen LogP contribution in [0.4, 0.5) is 0 Å². The molecule has 1 unspecified atom stereocenters. The zero-order chi connectivity index (χ0) is 9.10. The van der Waals surface area contributed by atoms with Crippen LogP contribution in [-0.4, -0.2) is 29.1 Å². The SMILES string of the molecule is CN1CCCC1CCn1cccc1. The Hall–Kier alpha value is -0.760. The van der Waals surface area contributed by atoms with Gasteiger partial charge in [-0.15, -0.1) is 0 Å². The van der Waals surface area contributed by atoms with E-state index in [1.165, 1.54) is 32.4 Å². The first kappa shape index (κ1) is 8.82. The van der Waals surface area contributed by atoms with Gasteiger partial charge in [0.05, 0.1) is 0 Å². The van der Waals surface area contributed by atoms with Gasteiger partial charge < -0.3 is 9.47 Å². The Kier molecular flexibility index (Phi) is 2.69. The lowest BCUT2D eigenvalue weighted by Crippen LogP contribution is -2.25. The Morgan fingerprint density at radius 2 is 2.08 bits per heavy atom. The Labute approximate surface area is 80.2 Å². The van der Waals surface area contributed by atoms with Crippen molar-refractivity contribution in [2.45, 2.75) is 31.8 Å². The molecule has 1 saturated heterocycles. The molecule has 0 aromatic carbocycles. The van der Waals surface area contributed by atoms with Crippen molar-refractivity contribution in [2.75, 3.05) is 13.6 Å². The molecule has 72 valence electrons. The molecule has 2 heteroatoms. The highest BCUT2D eigenvalue weighted by Crippen LogP contribution is 2.18. The third-order valence-corrected chi connectivity index (χ3v) is 3.06. The first-order chi connectivity index (χ1) is 6.36. The second-order valence-corrected chi connectivity index (χ2v) is 3.99. The van der Waals surface area contributed by atoms with Gasteiger partial charge in [0, 0.05) is 25.0 Å². The van der Waals surface area contributed by atoms with Gasteiger partial charge in [0.15, 0.2) is 0 Å². The molecule has 0 saturated carbocycles. The van der Waals surface area contributed by atoms with E-state index in [2.05, 4.69) is 41.0 Å². The molecule has 2 nitrogen and oxygen atoms in total. The number of hydrogen-bond acceptors (Lipinski definition) is 1. The predicted molar refractivity (Wildman–Crippen MR) is 54.7 cm³/mol. The lowest BCUT2D eigenvalue weighted by Gasteiger charge is -2.19. The summed E-state index contributed by atoms with van der Waals surface area (Å²) in [6.45, 7) is 2.46. The zero-order valence-corrected chi connectivity index (χ0v) is 8.32. The summed E-state index contributed by atoms with van der Waals surface area (Å²) in [5.41, 5.74) is 0. The van der Waals surface area contributed by atoms with E-state index in [9.17, 15) is 0 Å². The van der Waals surface area contributed by atoms with Crippen LogP contribution in [-0.2, 0) is 6.54 Å². The summed E-state index contributed by atoms with van der Waals surface area (Å²) < 4.78 is 2.27. The molecule has 0 amide bonds. The average molecular weight is 178 g/mol. The first-order valence-electron chi connectivity index (χ1n) is 5.17. The number of aryl methyl sites for hydroxylation is 1. The van der Waals surface area contributed by atoms with Gasteiger partial charge >= 0.3 is 0 Å². The second kappa shape index (κ2) is 3.97. The van der Waals surface area contributed by atoms with E-state index in [4.69, 9.17) is 0 Å². The van der Waals surface area contributed by atoms with Crippen LogP contribution in [0.15, 0.2) is 24.5 Å². The quantitative estimate of drug-likeness (QED) is 0.687. The molecule has 0 radical (unpaired) electrons. The van der Waals surface area contributed by atoms with Crippen LogP contribution in [0.5, 0.6) is 0 Å². The largest absolute Gasteiger partial charge is 0.354 e. The van der Waals surface area contributed by atoms with Crippen molar-refractivity contribution in [3.8, 4) is 0 Å². The molecular weight excluding hydrogens is 160 g/mol. The number of aromatic nitrogens is 1. The second-order valence-electron chi connectivity index (χ2n) is 3.99. The van der Waals surface area contributed by atoms with Crippen LogP contribution in [0.1, 0.15) is 19.3 Å². The highest BCUT2D eigenvalue weighted by molar-refractivity contribution is 4.90. The molecule has 2 rings (SSSR count). The molecule has 0 aliphatic carbocycles. The molecule has 1 aliphatic heterocycles. The average Bonchev–Trinajstić information content (AvgIpc) is 2.72. The van der Waals surface area contributed by atoms with Gasteiger partial charge in [-0.25, -0.2) is 0 Å². The third-order valence-electron chi connectivity index (χ3n) is 3.06. The smallest absolute Gasteiger partial charge is 0.0234 e. The van der Waals surface area contributed by atoms with Crippen molar-refractivity contribution in [1.29, 1.82) is 0 Å². The summed E-state index contributed by atoms with van der Waals surface area (Å²) >= 11 is 0. The molecule has 0 spiro atoms. The van der Waals surface area contributed by atoms with E-state index in [1.54, 1.807) is 0 Å². The molecule has 2 heterocycles. The molecule has 0 bridgehead atoms. The molecule has 0 N–H and O–H groups in total. The highest BCUT2D eigenvalue weighted by atomic mass is 15.1. The number of nitrogens with zero attached hydrogens (tertiary/aromatic N) is 2.